The standard InChI is InChI=1S/C25H22FN3O2/c1-17(30)28-22-10-11-23-20(13-22)14-24(25(31)27-15-18-6-3-2-4-7-18)29(23)16-19-8-5-9-21(26)12-19/h2-14H,15-16H2,1H3,(H,27,31)(H,28,30). The van der Waals surface area contributed by atoms with Gasteiger partial charge in [0, 0.05) is 36.6 Å². The van der Waals surface area contributed by atoms with Crippen molar-refractivity contribution in [2.24, 2.45) is 0 Å². The molecule has 156 valence electrons. The number of carbonyl (C=O) groups excluding carboxylic acids is 2. The van der Waals surface area contributed by atoms with E-state index in [-0.39, 0.29) is 17.6 Å². The third kappa shape index (κ3) is 4.80. The van der Waals surface area contributed by atoms with Crippen LogP contribution in [0, 0.1) is 5.82 Å². The minimum absolute atomic E-state index is 0.167. The number of aromatic nitrogens is 1. The van der Waals surface area contributed by atoms with Gasteiger partial charge in [0.2, 0.25) is 5.91 Å². The second kappa shape index (κ2) is 8.83. The topological polar surface area (TPSA) is 63.1 Å². The molecule has 6 heteroatoms. The van der Waals surface area contributed by atoms with E-state index in [1.54, 1.807) is 18.2 Å². The predicted octanol–water partition coefficient (Wildman–Crippen LogP) is 4.72. The molecule has 0 atom stereocenters. The zero-order valence-corrected chi connectivity index (χ0v) is 17.1. The van der Waals surface area contributed by atoms with Crippen molar-refractivity contribution in [3.8, 4) is 0 Å². The van der Waals surface area contributed by atoms with Crippen LogP contribution in [0.1, 0.15) is 28.5 Å². The molecule has 0 saturated carbocycles. The van der Waals surface area contributed by atoms with E-state index < -0.39 is 0 Å². The van der Waals surface area contributed by atoms with Gasteiger partial charge in [0.25, 0.3) is 5.91 Å². The van der Waals surface area contributed by atoms with Gasteiger partial charge >= 0.3 is 0 Å². The number of rotatable bonds is 6. The van der Waals surface area contributed by atoms with E-state index in [1.807, 2.05) is 53.1 Å². The highest BCUT2D eigenvalue weighted by molar-refractivity contribution is 6.00. The van der Waals surface area contributed by atoms with Crippen LogP contribution >= 0.6 is 0 Å². The third-order valence-electron chi connectivity index (χ3n) is 4.98. The number of nitrogens with zero attached hydrogens (tertiary/aromatic N) is 1. The van der Waals surface area contributed by atoms with Gasteiger partial charge in [0.15, 0.2) is 0 Å². The van der Waals surface area contributed by atoms with E-state index in [0.717, 1.165) is 22.0 Å². The van der Waals surface area contributed by atoms with E-state index in [9.17, 15) is 14.0 Å². The van der Waals surface area contributed by atoms with Crippen molar-refractivity contribution in [1.29, 1.82) is 0 Å². The summed E-state index contributed by atoms with van der Waals surface area (Å²) in [5, 5.41) is 6.53. The number of halogens is 1. The fraction of sp³-hybridized carbons (Fsp3) is 0.120. The summed E-state index contributed by atoms with van der Waals surface area (Å²) in [7, 11) is 0. The van der Waals surface area contributed by atoms with Crippen molar-refractivity contribution in [2.45, 2.75) is 20.0 Å². The lowest BCUT2D eigenvalue weighted by Gasteiger charge is -2.12. The van der Waals surface area contributed by atoms with Crippen molar-refractivity contribution in [1.82, 2.24) is 9.88 Å². The molecule has 31 heavy (non-hydrogen) atoms. The molecule has 5 nitrogen and oxygen atoms in total. The Labute approximate surface area is 179 Å². The lowest BCUT2D eigenvalue weighted by Crippen LogP contribution is -2.25. The number of hydrogen-bond donors (Lipinski definition) is 2. The predicted molar refractivity (Wildman–Crippen MR) is 119 cm³/mol. The first-order valence-corrected chi connectivity index (χ1v) is 9.97. The van der Waals surface area contributed by atoms with Crippen molar-refractivity contribution in [3.63, 3.8) is 0 Å². The molecule has 0 radical (unpaired) electrons. The molecule has 2 amide bonds. The van der Waals surface area contributed by atoms with E-state index >= 15 is 0 Å². The van der Waals surface area contributed by atoms with Gasteiger partial charge in [-0.2, -0.15) is 0 Å². The Hall–Kier alpha value is -3.93. The normalized spacial score (nSPS) is 10.8. The zero-order valence-electron chi connectivity index (χ0n) is 17.1. The van der Waals surface area contributed by atoms with Crippen LogP contribution in [0.3, 0.4) is 0 Å². The number of hydrogen-bond acceptors (Lipinski definition) is 2. The first-order valence-electron chi connectivity index (χ1n) is 9.97. The Bertz CT molecular complexity index is 1250. The molecular weight excluding hydrogens is 393 g/mol. The zero-order chi connectivity index (χ0) is 21.8. The molecule has 0 bridgehead atoms. The van der Waals surface area contributed by atoms with Gasteiger partial charge in [0.1, 0.15) is 11.5 Å². The van der Waals surface area contributed by atoms with E-state index in [2.05, 4.69) is 10.6 Å². The smallest absolute Gasteiger partial charge is 0.268 e. The SMILES string of the molecule is CC(=O)Nc1ccc2c(c1)cc(C(=O)NCc1ccccc1)n2Cc1cccc(F)c1. The van der Waals surface area contributed by atoms with E-state index in [1.165, 1.54) is 19.1 Å². The highest BCUT2D eigenvalue weighted by atomic mass is 19.1. The Morgan fingerprint density at radius 1 is 0.903 bits per heavy atom. The van der Waals surface area contributed by atoms with Crippen LogP contribution in [0.5, 0.6) is 0 Å². The molecule has 4 aromatic rings. The lowest BCUT2D eigenvalue weighted by molar-refractivity contribution is -0.114. The minimum Gasteiger partial charge on any atom is -0.347 e. The molecule has 1 aromatic heterocycles. The van der Waals surface area contributed by atoms with Crippen LogP contribution in [-0.2, 0) is 17.9 Å². The fourth-order valence-electron chi connectivity index (χ4n) is 3.60. The van der Waals surface area contributed by atoms with E-state index in [0.29, 0.717) is 24.5 Å². The molecular formula is C25H22FN3O2. The number of anilines is 1. The number of carbonyl (C=O) groups is 2. The summed E-state index contributed by atoms with van der Waals surface area (Å²) in [5.41, 5.74) is 3.69. The van der Waals surface area contributed by atoms with Gasteiger partial charge in [-0.1, -0.05) is 42.5 Å². The maximum absolute atomic E-state index is 13.7. The summed E-state index contributed by atoms with van der Waals surface area (Å²) in [6.07, 6.45) is 0. The summed E-state index contributed by atoms with van der Waals surface area (Å²) in [4.78, 5) is 24.5. The first-order chi connectivity index (χ1) is 15.0. The minimum atomic E-state index is -0.322. The Morgan fingerprint density at radius 2 is 1.68 bits per heavy atom. The molecule has 0 saturated heterocycles. The maximum Gasteiger partial charge on any atom is 0.268 e. The van der Waals surface area contributed by atoms with Crippen LogP contribution in [-0.4, -0.2) is 16.4 Å². The van der Waals surface area contributed by atoms with Crippen molar-refractivity contribution < 1.29 is 14.0 Å². The fourth-order valence-corrected chi connectivity index (χ4v) is 3.60. The number of amides is 2. The summed E-state index contributed by atoms with van der Waals surface area (Å²) in [6.45, 7) is 2.19. The second-order valence-corrected chi connectivity index (χ2v) is 7.37. The molecule has 0 aliphatic rings. The van der Waals surface area contributed by atoms with Crippen molar-refractivity contribution in [2.75, 3.05) is 5.32 Å². The van der Waals surface area contributed by atoms with Gasteiger partial charge in [-0.05, 0) is 47.5 Å². The summed E-state index contributed by atoms with van der Waals surface area (Å²) in [6, 6.07) is 23.3. The van der Waals surface area contributed by atoms with Gasteiger partial charge in [-0.15, -0.1) is 0 Å². The molecule has 0 spiro atoms. The summed E-state index contributed by atoms with van der Waals surface area (Å²) >= 11 is 0. The average molecular weight is 415 g/mol. The molecule has 0 fully saturated rings. The summed E-state index contributed by atoms with van der Waals surface area (Å²) < 4.78 is 15.6. The largest absolute Gasteiger partial charge is 0.347 e. The highest BCUT2D eigenvalue weighted by Crippen LogP contribution is 2.25. The molecule has 0 aliphatic heterocycles. The van der Waals surface area contributed by atoms with Crippen LogP contribution in [0.4, 0.5) is 10.1 Å². The Morgan fingerprint density at radius 3 is 2.42 bits per heavy atom. The van der Waals surface area contributed by atoms with Gasteiger partial charge in [-0.3, -0.25) is 9.59 Å². The molecule has 2 N–H and O–H groups in total. The molecule has 4 rings (SSSR count). The highest BCUT2D eigenvalue weighted by Gasteiger charge is 2.17. The maximum atomic E-state index is 13.7. The van der Waals surface area contributed by atoms with Crippen LogP contribution < -0.4 is 10.6 Å². The van der Waals surface area contributed by atoms with E-state index in [4.69, 9.17) is 0 Å². The number of fused-ring (bicyclic) bond motifs is 1. The van der Waals surface area contributed by atoms with Crippen LogP contribution in [0.2, 0.25) is 0 Å². The second-order valence-electron chi connectivity index (χ2n) is 7.37. The Kier molecular flexibility index (Phi) is 5.80. The quantitative estimate of drug-likeness (QED) is 0.479. The first kappa shape index (κ1) is 20.3. The van der Waals surface area contributed by atoms with Gasteiger partial charge < -0.3 is 15.2 Å². The van der Waals surface area contributed by atoms with Gasteiger partial charge in [-0.25, -0.2) is 4.39 Å². The lowest BCUT2D eigenvalue weighted by atomic mass is 10.2. The Balaban J connectivity index is 1.70. The molecule has 1 heterocycles. The third-order valence-corrected chi connectivity index (χ3v) is 4.98. The number of nitrogens with one attached hydrogen (secondary N) is 2. The van der Waals surface area contributed by atoms with Crippen LogP contribution in [0.25, 0.3) is 10.9 Å². The molecule has 3 aromatic carbocycles. The van der Waals surface area contributed by atoms with Crippen LogP contribution in [0.15, 0.2) is 78.9 Å². The van der Waals surface area contributed by atoms with Crippen molar-refractivity contribution in [3.05, 3.63) is 102 Å². The van der Waals surface area contributed by atoms with Gasteiger partial charge in [0.05, 0.1) is 0 Å². The summed E-state index contributed by atoms with van der Waals surface area (Å²) in [5.74, 6) is -0.714. The molecule has 0 unspecified atom stereocenters. The average Bonchev–Trinajstić information content (AvgIpc) is 3.10. The monoisotopic (exact) mass is 415 g/mol. The number of benzene rings is 3. The molecule has 0 aliphatic carbocycles. The van der Waals surface area contributed by atoms with Crippen molar-refractivity contribution >= 4 is 28.4 Å².